The van der Waals surface area contributed by atoms with E-state index in [0.29, 0.717) is 16.9 Å². The van der Waals surface area contributed by atoms with Crippen LogP contribution in [0, 0.1) is 16.7 Å². The molecule has 3 heteroatoms. The van der Waals surface area contributed by atoms with Gasteiger partial charge in [-0.2, -0.15) is 0 Å². The number of fused-ring (bicyclic) bond motifs is 2. The standard InChI is InChI=1S/C19H29NO2/c1-18(2)14-6-7-19(18,3)17(10-14)20-12-13-8-15(21-4)11-16(9-13)22-5/h8-9,11,14,17,20H,6-7,10,12H2,1-5H3/t14-,17+,19+/m0/s1. The average Bonchev–Trinajstić information content (AvgIpc) is 2.85. The minimum atomic E-state index is 0.417. The third kappa shape index (κ3) is 2.30. The first-order valence-corrected chi connectivity index (χ1v) is 8.36. The summed E-state index contributed by atoms with van der Waals surface area (Å²) in [5, 5.41) is 3.82. The van der Waals surface area contributed by atoms with Gasteiger partial charge in [-0.1, -0.05) is 20.8 Å². The normalized spacial score (nSPS) is 32.2. The van der Waals surface area contributed by atoms with Crippen molar-refractivity contribution in [1.29, 1.82) is 0 Å². The van der Waals surface area contributed by atoms with E-state index in [1.807, 2.05) is 6.07 Å². The number of nitrogens with one attached hydrogen (secondary N) is 1. The number of benzene rings is 1. The molecule has 0 heterocycles. The third-order valence-corrected chi connectivity index (χ3v) is 6.76. The van der Waals surface area contributed by atoms with Gasteiger partial charge in [0.1, 0.15) is 11.5 Å². The van der Waals surface area contributed by atoms with Gasteiger partial charge < -0.3 is 14.8 Å². The summed E-state index contributed by atoms with van der Waals surface area (Å²) in [6, 6.07) is 6.72. The Bertz CT molecular complexity index is 532. The van der Waals surface area contributed by atoms with Gasteiger partial charge in [0, 0.05) is 18.7 Å². The van der Waals surface area contributed by atoms with Crippen molar-refractivity contribution in [1.82, 2.24) is 5.32 Å². The zero-order valence-corrected chi connectivity index (χ0v) is 14.5. The van der Waals surface area contributed by atoms with Gasteiger partial charge in [0.25, 0.3) is 0 Å². The maximum Gasteiger partial charge on any atom is 0.122 e. The van der Waals surface area contributed by atoms with Crippen LogP contribution in [0.4, 0.5) is 0 Å². The van der Waals surface area contributed by atoms with Crippen molar-refractivity contribution < 1.29 is 9.47 Å². The largest absolute Gasteiger partial charge is 0.497 e. The average molecular weight is 303 g/mol. The quantitative estimate of drug-likeness (QED) is 0.891. The molecule has 2 saturated carbocycles. The lowest BCUT2D eigenvalue weighted by atomic mass is 9.69. The first-order valence-electron chi connectivity index (χ1n) is 8.36. The van der Waals surface area contributed by atoms with Gasteiger partial charge in [-0.05, 0) is 53.7 Å². The lowest BCUT2D eigenvalue weighted by Crippen LogP contribution is -2.44. The molecule has 1 N–H and O–H groups in total. The van der Waals surface area contributed by atoms with Crippen molar-refractivity contribution in [2.75, 3.05) is 14.2 Å². The monoisotopic (exact) mass is 303 g/mol. The summed E-state index contributed by atoms with van der Waals surface area (Å²) >= 11 is 0. The second-order valence-electron chi connectivity index (χ2n) is 7.76. The fraction of sp³-hybridized carbons (Fsp3) is 0.684. The summed E-state index contributed by atoms with van der Waals surface area (Å²) in [6.45, 7) is 8.27. The minimum Gasteiger partial charge on any atom is -0.497 e. The van der Waals surface area contributed by atoms with E-state index in [4.69, 9.17) is 9.47 Å². The Morgan fingerprint density at radius 3 is 2.18 bits per heavy atom. The van der Waals surface area contributed by atoms with Crippen molar-refractivity contribution in [2.24, 2.45) is 16.7 Å². The highest BCUT2D eigenvalue weighted by molar-refractivity contribution is 5.38. The fourth-order valence-electron chi connectivity index (χ4n) is 4.72. The molecule has 0 unspecified atom stereocenters. The molecule has 0 saturated heterocycles. The van der Waals surface area contributed by atoms with E-state index in [0.717, 1.165) is 24.0 Å². The van der Waals surface area contributed by atoms with Gasteiger partial charge in [-0.15, -0.1) is 0 Å². The second kappa shape index (κ2) is 5.45. The van der Waals surface area contributed by atoms with Crippen LogP contribution in [-0.2, 0) is 6.54 Å². The predicted molar refractivity (Wildman–Crippen MR) is 89.4 cm³/mol. The molecule has 3 rings (SSSR count). The Morgan fingerprint density at radius 2 is 1.73 bits per heavy atom. The molecule has 1 aromatic rings. The van der Waals surface area contributed by atoms with Crippen LogP contribution in [0.1, 0.15) is 45.6 Å². The van der Waals surface area contributed by atoms with Crippen molar-refractivity contribution in [3.63, 3.8) is 0 Å². The molecule has 0 radical (unpaired) electrons. The van der Waals surface area contributed by atoms with Crippen molar-refractivity contribution in [3.8, 4) is 11.5 Å². The first-order chi connectivity index (χ1) is 10.4. The summed E-state index contributed by atoms with van der Waals surface area (Å²) in [6.07, 6.45) is 4.06. The van der Waals surface area contributed by atoms with Gasteiger partial charge in [-0.3, -0.25) is 0 Å². The topological polar surface area (TPSA) is 30.5 Å². The highest BCUT2D eigenvalue weighted by Gasteiger charge is 2.60. The number of ether oxygens (including phenoxy) is 2. The van der Waals surface area contributed by atoms with Crippen molar-refractivity contribution in [3.05, 3.63) is 23.8 Å². The van der Waals surface area contributed by atoms with Gasteiger partial charge >= 0.3 is 0 Å². The van der Waals surface area contributed by atoms with Gasteiger partial charge in [0.05, 0.1) is 14.2 Å². The molecular weight excluding hydrogens is 274 g/mol. The van der Waals surface area contributed by atoms with E-state index in [1.54, 1.807) is 14.2 Å². The molecule has 0 aromatic heterocycles. The van der Waals surface area contributed by atoms with Crippen molar-refractivity contribution in [2.45, 2.75) is 52.6 Å². The summed E-state index contributed by atoms with van der Waals surface area (Å²) in [7, 11) is 3.40. The maximum atomic E-state index is 5.36. The van der Waals surface area contributed by atoms with Crippen molar-refractivity contribution >= 4 is 0 Å². The van der Waals surface area contributed by atoms with Gasteiger partial charge in [-0.25, -0.2) is 0 Å². The minimum absolute atomic E-state index is 0.417. The lowest BCUT2D eigenvalue weighted by Gasteiger charge is -2.39. The van der Waals surface area contributed by atoms with Crippen LogP contribution in [0.5, 0.6) is 11.5 Å². The Labute approximate surface area is 134 Å². The summed E-state index contributed by atoms with van der Waals surface area (Å²) in [5.74, 6) is 2.58. The van der Waals surface area contributed by atoms with Crippen LogP contribution >= 0.6 is 0 Å². The molecule has 2 aliphatic rings. The van der Waals surface area contributed by atoms with E-state index in [1.165, 1.54) is 24.8 Å². The predicted octanol–water partition coefficient (Wildman–Crippen LogP) is 4.01. The van der Waals surface area contributed by atoms with Crippen LogP contribution < -0.4 is 14.8 Å². The van der Waals surface area contributed by atoms with Crippen LogP contribution in [0.2, 0.25) is 0 Å². The molecule has 122 valence electrons. The summed E-state index contributed by atoms with van der Waals surface area (Å²) in [4.78, 5) is 0. The van der Waals surface area contributed by atoms with Crippen LogP contribution in [0.25, 0.3) is 0 Å². The van der Waals surface area contributed by atoms with Gasteiger partial charge in [0.15, 0.2) is 0 Å². The molecular formula is C19H29NO2. The van der Waals surface area contributed by atoms with E-state index in [9.17, 15) is 0 Å². The summed E-state index contributed by atoms with van der Waals surface area (Å²) < 4.78 is 10.7. The lowest BCUT2D eigenvalue weighted by molar-refractivity contribution is 0.120. The molecule has 3 atom stereocenters. The summed E-state index contributed by atoms with van der Waals surface area (Å²) in [5.41, 5.74) is 2.09. The van der Waals surface area contributed by atoms with Crippen LogP contribution in [-0.4, -0.2) is 20.3 Å². The SMILES string of the molecule is COc1cc(CN[C@@H]2C[C@@H]3CC[C@@]2(C)C3(C)C)cc(OC)c1. The fourth-order valence-corrected chi connectivity index (χ4v) is 4.72. The van der Waals surface area contributed by atoms with E-state index in [-0.39, 0.29) is 0 Å². The maximum absolute atomic E-state index is 5.36. The smallest absolute Gasteiger partial charge is 0.122 e. The Hall–Kier alpha value is -1.22. The number of methoxy groups -OCH3 is 2. The molecule has 0 aliphatic heterocycles. The third-order valence-electron chi connectivity index (χ3n) is 6.76. The van der Waals surface area contributed by atoms with Crippen LogP contribution in [0.15, 0.2) is 18.2 Å². The van der Waals surface area contributed by atoms with E-state index in [2.05, 4.69) is 38.2 Å². The molecule has 2 bridgehead atoms. The molecule has 2 aliphatic carbocycles. The second-order valence-corrected chi connectivity index (χ2v) is 7.76. The van der Waals surface area contributed by atoms with E-state index < -0.39 is 0 Å². The number of hydrogen-bond acceptors (Lipinski definition) is 3. The Kier molecular flexibility index (Phi) is 3.88. The zero-order chi connectivity index (χ0) is 16.0. The van der Waals surface area contributed by atoms with Crippen LogP contribution in [0.3, 0.4) is 0 Å². The first kappa shape index (κ1) is 15.7. The Balaban J connectivity index is 1.71. The molecule has 0 amide bonds. The molecule has 22 heavy (non-hydrogen) atoms. The highest BCUT2D eigenvalue weighted by Crippen LogP contribution is 2.65. The van der Waals surface area contributed by atoms with Gasteiger partial charge in [0.2, 0.25) is 0 Å². The highest BCUT2D eigenvalue weighted by atomic mass is 16.5. The molecule has 2 fully saturated rings. The number of rotatable bonds is 5. The van der Waals surface area contributed by atoms with E-state index >= 15 is 0 Å². The molecule has 3 nitrogen and oxygen atoms in total. The molecule has 1 aromatic carbocycles. The zero-order valence-electron chi connectivity index (χ0n) is 14.5. The Morgan fingerprint density at radius 1 is 1.09 bits per heavy atom. The molecule has 0 spiro atoms. The number of hydrogen-bond donors (Lipinski definition) is 1.